The predicted molar refractivity (Wildman–Crippen MR) is 83.0 cm³/mol. The van der Waals surface area contributed by atoms with E-state index in [0.717, 1.165) is 6.42 Å². The normalized spacial score (nSPS) is 15.3. The van der Waals surface area contributed by atoms with Gasteiger partial charge in [0.05, 0.1) is 0 Å². The molecule has 1 N–H and O–H groups in total. The van der Waals surface area contributed by atoms with Gasteiger partial charge in [0.15, 0.2) is 0 Å². The van der Waals surface area contributed by atoms with Crippen LogP contribution >= 0.6 is 0 Å². The van der Waals surface area contributed by atoms with E-state index in [9.17, 15) is 13.6 Å². The number of amides is 2. The van der Waals surface area contributed by atoms with Gasteiger partial charge in [-0.15, -0.1) is 0 Å². The molecule has 22 heavy (non-hydrogen) atoms. The average Bonchev–Trinajstić information content (AvgIpc) is 2.47. The Bertz CT molecular complexity index is 494. The Kier molecular flexibility index (Phi) is 5.57. The summed E-state index contributed by atoms with van der Waals surface area (Å²) in [5.41, 5.74) is 0.00219. The molecular formula is C16H23F2N3O. The molecule has 1 heterocycles. The quantitative estimate of drug-likeness (QED) is 0.928. The molecule has 1 saturated heterocycles. The minimum Gasteiger partial charge on any atom is -0.363 e. The Hall–Kier alpha value is -1.85. The number of piperazine rings is 1. The van der Waals surface area contributed by atoms with Crippen LogP contribution in [0.25, 0.3) is 0 Å². The Morgan fingerprint density at radius 3 is 2.32 bits per heavy atom. The number of para-hydroxylation sites is 1. The molecule has 0 aliphatic carbocycles. The zero-order valence-electron chi connectivity index (χ0n) is 13.1. The van der Waals surface area contributed by atoms with Crippen molar-refractivity contribution < 1.29 is 13.6 Å². The van der Waals surface area contributed by atoms with E-state index in [0.29, 0.717) is 38.6 Å². The zero-order chi connectivity index (χ0) is 16.1. The first-order valence-corrected chi connectivity index (χ1v) is 7.70. The smallest absolute Gasteiger partial charge is 0.317 e. The van der Waals surface area contributed by atoms with E-state index in [1.165, 1.54) is 18.2 Å². The van der Waals surface area contributed by atoms with E-state index in [4.69, 9.17) is 0 Å². The topological polar surface area (TPSA) is 35.6 Å². The number of nitrogens with one attached hydrogen (secondary N) is 1. The zero-order valence-corrected chi connectivity index (χ0v) is 13.1. The van der Waals surface area contributed by atoms with E-state index >= 15 is 0 Å². The van der Waals surface area contributed by atoms with Crippen molar-refractivity contribution in [3.8, 4) is 0 Å². The fourth-order valence-corrected chi connectivity index (χ4v) is 2.50. The molecule has 6 heteroatoms. The van der Waals surface area contributed by atoms with E-state index < -0.39 is 11.6 Å². The summed E-state index contributed by atoms with van der Waals surface area (Å²) in [6, 6.07) is 3.76. The van der Waals surface area contributed by atoms with Crippen LogP contribution in [0, 0.1) is 17.6 Å². The van der Waals surface area contributed by atoms with Crippen molar-refractivity contribution in [2.75, 3.05) is 37.6 Å². The molecule has 2 rings (SSSR count). The fourth-order valence-electron chi connectivity index (χ4n) is 2.50. The summed E-state index contributed by atoms with van der Waals surface area (Å²) < 4.78 is 27.5. The van der Waals surface area contributed by atoms with E-state index in [1.54, 1.807) is 9.80 Å². The Labute approximate surface area is 130 Å². The van der Waals surface area contributed by atoms with Crippen LogP contribution in [0.15, 0.2) is 18.2 Å². The highest BCUT2D eigenvalue weighted by molar-refractivity contribution is 5.74. The molecule has 1 aromatic rings. The molecule has 2 amide bonds. The second-order valence-electron chi connectivity index (χ2n) is 5.96. The average molecular weight is 311 g/mol. The molecule has 122 valence electrons. The number of urea groups is 1. The van der Waals surface area contributed by atoms with Crippen molar-refractivity contribution in [2.24, 2.45) is 5.92 Å². The van der Waals surface area contributed by atoms with Gasteiger partial charge in [-0.25, -0.2) is 13.6 Å². The summed E-state index contributed by atoms with van der Waals surface area (Å²) in [4.78, 5) is 15.4. The molecule has 0 aromatic heterocycles. The summed E-state index contributed by atoms with van der Waals surface area (Å²) in [5, 5.41) is 2.88. The van der Waals surface area contributed by atoms with Crippen molar-refractivity contribution in [3.05, 3.63) is 29.8 Å². The highest BCUT2D eigenvalue weighted by Gasteiger charge is 2.24. The fraction of sp³-hybridized carbons (Fsp3) is 0.562. The minimum absolute atomic E-state index is 0.00219. The number of hydrogen-bond donors (Lipinski definition) is 1. The van der Waals surface area contributed by atoms with Gasteiger partial charge in [-0.2, -0.15) is 0 Å². The highest BCUT2D eigenvalue weighted by atomic mass is 19.1. The van der Waals surface area contributed by atoms with Crippen molar-refractivity contribution in [1.29, 1.82) is 0 Å². The van der Waals surface area contributed by atoms with Gasteiger partial charge in [-0.3, -0.25) is 0 Å². The lowest BCUT2D eigenvalue weighted by molar-refractivity contribution is 0.193. The lowest BCUT2D eigenvalue weighted by Crippen LogP contribution is -2.52. The van der Waals surface area contributed by atoms with E-state index in [-0.39, 0.29) is 11.7 Å². The Balaban J connectivity index is 1.86. The van der Waals surface area contributed by atoms with Gasteiger partial charge in [0.1, 0.15) is 17.3 Å². The number of rotatable bonds is 4. The molecule has 1 aliphatic rings. The molecule has 0 spiro atoms. The predicted octanol–water partition coefficient (Wildman–Crippen LogP) is 2.84. The summed E-state index contributed by atoms with van der Waals surface area (Å²) in [6.07, 6.45) is 0.937. The van der Waals surface area contributed by atoms with E-state index in [2.05, 4.69) is 19.2 Å². The molecule has 0 atom stereocenters. The second-order valence-corrected chi connectivity index (χ2v) is 5.96. The van der Waals surface area contributed by atoms with Crippen LogP contribution in [0.4, 0.5) is 19.3 Å². The monoisotopic (exact) mass is 311 g/mol. The maximum absolute atomic E-state index is 13.8. The first-order valence-electron chi connectivity index (χ1n) is 7.70. The van der Waals surface area contributed by atoms with Crippen LogP contribution in [-0.4, -0.2) is 43.7 Å². The molecule has 0 saturated carbocycles. The molecule has 1 aromatic carbocycles. The lowest BCUT2D eigenvalue weighted by Gasteiger charge is -2.36. The minimum atomic E-state index is -0.560. The van der Waals surface area contributed by atoms with Crippen molar-refractivity contribution in [2.45, 2.75) is 20.3 Å². The Morgan fingerprint density at radius 2 is 1.77 bits per heavy atom. The number of carbonyl (C=O) groups excluding carboxylic acids is 1. The SMILES string of the molecule is CC(C)CCNC(=O)N1CCN(c2c(F)cccc2F)CC1. The maximum Gasteiger partial charge on any atom is 0.317 e. The van der Waals surface area contributed by atoms with Crippen LogP contribution in [-0.2, 0) is 0 Å². The van der Waals surface area contributed by atoms with Crippen LogP contribution in [0.1, 0.15) is 20.3 Å². The largest absolute Gasteiger partial charge is 0.363 e. The van der Waals surface area contributed by atoms with Crippen LogP contribution < -0.4 is 10.2 Å². The molecule has 1 fully saturated rings. The van der Waals surface area contributed by atoms with Crippen LogP contribution in [0.2, 0.25) is 0 Å². The summed E-state index contributed by atoms with van der Waals surface area (Å²) >= 11 is 0. The van der Waals surface area contributed by atoms with Gasteiger partial charge >= 0.3 is 6.03 Å². The van der Waals surface area contributed by atoms with Crippen molar-refractivity contribution in [1.82, 2.24) is 10.2 Å². The van der Waals surface area contributed by atoms with Gasteiger partial charge in [0.2, 0.25) is 0 Å². The number of benzene rings is 1. The highest BCUT2D eigenvalue weighted by Crippen LogP contribution is 2.24. The molecule has 0 bridgehead atoms. The lowest BCUT2D eigenvalue weighted by atomic mass is 10.1. The number of anilines is 1. The number of carbonyl (C=O) groups is 1. The molecular weight excluding hydrogens is 288 g/mol. The third-order valence-electron chi connectivity index (χ3n) is 3.82. The maximum atomic E-state index is 13.8. The summed E-state index contributed by atoms with van der Waals surface area (Å²) in [7, 11) is 0. The number of hydrogen-bond acceptors (Lipinski definition) is 2. The first-order chi connectivity index (χ1) is 10.5. The Morgan fingerprint density at radius 1 is 1.18 bits per heavy atom. The standard InChI is InChI=1S/C16H23F2N3O/c1-12(2)6-7-19-16(22)21-10-8-20(9-11-21)15-13(17)4-3-5-14(15)18/h3-5,12H,6-11H2,1-2H3,(H,19,22). The van der Waals surface area contributed by atoms with Gasteiger partial charge in [-0.05, 0) is 24.5 Å². The van der Waals surface area contributed by atoms with Crippen LogP contribution in [0.5, 0.6) is 0 Å². The number of halogens is 2. The first kappa shape index (κ1) is 16.5. The summed E-state index contributed by atoms with van der Waals surface area (Å²) in [5.74, 6) is -0.578. The van der Waals surface area contributed by atoms with Crippen LogP contribution in [0.3, 0.4) is 0 Å². The van der Waals surface area contributed by atoms with Gasteiger partial charge in [0, 0.05) is 32.7 Å². The number of nitrogens with zero attached hydrogens (tertiary/aromatic N) is 2. The van der Waals surface area contributed by atoms with Gasteiger partial charge < -0.3 is 15.1 Å². The molecule has 1 aliphatic heterocycles. The van der Waals surface area contributed by atoms with Crippen molar-refractivity contribution >= 4 is 11.7 Å². The molecule has 4 nitrogen and oxygen atoms in total. The molecule has 0 unspecified atom stereocenters. The van der Waals surface area contributed by atoms with E-state index in [1.807, 2.05) is 0 Å². The van der Waals surface area contributed by atoms with Gasteiger partial charge in [-0.1, -0.05) is 19.9 Å². The third kappa shape index (κ3) is 4.08. The summed E-state index contributed by atoms with van der Waals surface area (Å²) in [6.45, 7) is 6.63. The third-order valence-corrected chi connectivity index (χ3v) is 3.82. The molecule has 0 radical (unpaired) electrons. The second kappa shape index (κ2) is 7.42. The van der Waals surface area contributed by atoms with Gasteiger partial charge in [0.25, 0.3) is 0 Å². The van der Waals surface area contributed by atoms with Crippen molar-refractivity contribution in [3.63, 3.8) is 0 Å².